The highest BCUT2D eigenvalue weighted by Gasteiger charge is 2.28. The molecule has 1 aliphatic rings. The molecule has 4 nitrogen and oxygen atoms in total. The fourth-order valence-electron chi connectivity index (χ4n) is 2.28. The van der Waals surface area contributed by atoms with E-state index in [1.165, 1.54) is 0 Å². The normalized spacial score (nSPS) is 29.9. The lowest BCUT2D eigenvalue weighted by molar-refractivity contribution is 0.332. The van der Waals surface area contributed by atoms with Crippen LogP contribution < -0.4 is 0 Å². The van der Waals surface area contributed by atoms with Crippen molar-refractivity contribution in [2.75, 3.05) is 6.26 Å². The van der Waals surface area contributed by atoms with E-state index in [0.29, 0.717) is 6.04 Å². The standard InChI is InChI=1S/C10H16BrN3OS/c1-16(12,15)10-4-2-3-9(5-10)14-7-8(11)6-13-14/h6-7,9-10,12H,2-5H2,1H3/t9-,10+,16-/m1/s1. The van der Waals surface area contributed by atoms with Crippen LogP contribution in [0.2, 0.25) is 0 Å². The van der Waals surface area contributed by atoms with Gasteiger partial charge in [-0.15, -0.1) is 0 Å². The number of halogens is 1. The largest absolute Gasteiger partial charge is 0.268 e. The molecule has 1 aromatic heterocycles. The van der Waals surface area contributed by atoms with Gasteiger partial charge in [0.25, 0.3) is 0 Å². The molecule has 0 saturated heterocycles. The van der Waals surface area contributed by atoms with E-state index in [1.54, 1.807) is 12.5 Å². The molecule has 90 valence electrons. The van der Waals surface area contributed by atoms with Crippen molar-refractivity contribution in [1.82, 2.24) is 9.78 Å². The van der Waals surface area contributed by atoms with Crippen molar-refractivity contribution in [2.45, 2.75) is 37.0 Å². The third-order valence-electron chi connectivity index (χ3n) is 3.18. The molecule has 1 aliphatic carbocycles. The summed E-state index contributed by atoms with van der Waals surface area (Å²) in [6, 6.07) is 0.302. The van der Waals surface area contributed by atoms with Crippen LogP contribution in [0.1, 0.15) is 31.7 Å². The second-order valence-corrected chi connectivity index (χ2v) is 7.88. The predicted octanol–water partition coefficient (Wildman–Crippen LogP) is 2.81. The molecule has 1 saturated carbocycles. The highest BCUT2D eigenvalue weighted by molar-refractivity contribution is 9.10. The van der Waals surface area contributed by atoms with E-state index in [9.17, 15) is 4.21 Å². The van der Waals surface area contributed by atoms with E-state index >= 15 is 0 Å². The second-order valence-electron chi connectivity index (χ2n) is 4.48. The number of hydrogen-bond donors (Lipinski definition) is 1. The van der Waals surface area contributed by atoms with Gasteiger partial charge < -0.3 is 0 Å². The molecule has 0 spiro atoms. The van der Waals surface area contributed by atoms with Gasteiger partial charge in [0, 0.05) is 27.4 Å². The lowest BCUT2D eigenvalue weighted by Gasteiger charge is -2.29. The van der Waals surface area contributed by atoms with Gasteiger partial charge in [0.2, 0.25) is 0 Å². The maximum Gasteiger partial charge on any atom is 0.0632 e. The van der Waals surface area contributed by atoms with Crippen molar-refractivity contribution in [3.05, 3.63) is 16.9 Å². The number of rotatable bonds is 2. The van der Waals surface area contributed by atoms with Gasteiger partial charge in [0.1, 0.15) is 0 Å². The van der Waals surface area contributed by atoms with Gasteiger partial charge in [-0.2, -0.15) is 5.10 Å². The topological polar surface area (TPSA) is 58.7 Å². The molecule has 1 heterocycles. The monoisotopic (exact) mass is 305 g/mol. The van der Waals surface area contributed by atoms with Crippen LogP contribution in [0, 0.1) is 4.78 Å². The van der Waals surface area contributed by atoms with Crippen molar-refractivity contribution < 1.29 is 4.21 Å². The van der Waals surface area contributed by atoms with Crippen LogP contribution in [0.25, 0.3) is 0 Å². The molecule has 1 N–H and O–H groups in total. The van der Waals surface area contributed by atoms with Crippen molar-refractivity contribution >= 4 is 25.7 Å². The van der Waals surface area contributed by atoms with Crippen LogP contribution in [0.5, 0.6) is 0 Å². The van der Waals surface area contributed by atoms with E-state index in [0.717, 1.165) is 30.2 Å². The van der Waals surface area contributed by atoms with Crippen LogP contribution in [0.4, 0.5) is 0 Å². The lowest BCUT2D eigenvalue weighted by Crippen LogP contribution is -2.28. The van der Waals surface area contributed by atoms with Gasteiger partial charge in [-0.25, -0.2) is 4.21 Å². The zero-order valence-electron chi connectivity index (χ0n) is 9.23. The average Bonchev–Trinajstić information content (AvgIpc) is 2.64. The fraction of sp³-hybridized carbons (Fsp3) is 0.700. The van der Waals surface area contributed by atoms with Gasteiger partial charge in [-0.05, 0) is 35.2 Å². The SMILES string of the molecule is C[S@@](=N)(=O)[C@H]1CCC[C@@H](n2cc(Br)cn2)C1. The van der Waals surface area contributed by atoms with Crippen LogP contribution in [0.3, 0.4) is 0 Å². The first kappa shape index (κ1) is 12.1. The third kappa shape index (κ3) is 2.66. The predicted molar refractivity (Wildman–Crippen MR) is 68.0 cm³/mol. The van der Waals surface area contributed by atoms with E-state index in [2.05, 4.69) is 21.0 Å². The molecular formula is C10H16BrN3OS. The summed E-state index contributed by atoms with van der Waals surface area (Å²) >= 11 is 3.38. The molecule has 0 unspecified atom stereocenters. The molecule has 16 heavy (non-hydrogen) atoms. The highest BCUT2D eigenvalue weighted by Crippen LogP contribution is 2.32. The first-order valence-electron chi connectivity index (χ1n) is 5.39. The Morgan fingerprint density at radius 1 is 1.62 bits per heavy atom. The van der Waals surface area contributed by atoms with Gasteiger partial charge in [0.15, 0.2) is 0 Å². The van der Waals surface area contributed by atoms with Crippen LogP contribution >= 0.6 is 15.9 Å². The Morgan fingerprint density at radius 2 is 2.38 bits per heavy atom. The summed E-state index contributed by atoms with van der Waals surface area (Å²) in [4.78, 5) is 0. The van der Waals surface area contributed by atoms with Crippen molar-refractivity contribution in [2.24, 2.45) is 0 Å². The summed E-state index contributed by atoms with van der Waals surface area (Å²) in [5.74, 6) is 0. The molecular weight excluding hydrogens is 290 g/mol. The molecule has 1 fully saturated rings. The zero-order chi connectivity index (χ0) is 11.8. The Bertz CT molecular complexity index is 468. The van der Waals surface area contributed by atoms with Crippen LogP contribution in [0.15, 0.2) is 16.9 Å². The first-order chi connectivity index (χ1) is 7.47. The van der Waals surface area contributed by atoms with Crippen molar-refractivity contribution in [1.29, 1.82) is 4.78 Å². The Balaban J connectivity index is 2.13. The maximum atomic E-state index is 11.8. The molecule has 2 rings (SSSR count). The lowest BCUT2D eigenvalue weighted by atomic mass is 9.95. The first-order valence-corrected chi connectivity index (χ1v) is 8.21. The van der Waals surface area contributed by atoms with E-state index in [-0.39, 0.29) is 5.25 Å². The Labute approximate surface area is 105 Å². The molecule has 6 heteroatoms. The summed E-state index contributed by atoms with van der Waals surface area (Å²) in [7, 11) is -2.41. The van der Waals surface area contributed by atoms with Crippen molar-refractivity contribution in [3.63, 3.8) is 0 Å². The van der Waals surface area contributed by atoms with Gasteiger partial charge in [0.05, 0.1) is 16.7 Å². The Hall–Kier alpha value is -0.360. The van der Waals surface area contributed by atoms with Crippen LogP contribution in [-0.2, 0) is 9.73 Å². The molecule has 3 atom stereocenters. The summed E-state index contributed by atoms with van der Waals surface area (Å²) in [6.07, 6.45) is 9.11. The zero-order valence-corrected chi connectivity index (χ0v) is 11.6. The number of nitrogens with one attached hydrogen (secondary N) is 1. The Morgan fingerprint density at radius 3 is 2.94 bits per heavy atom. The third-order valence-corrected chi connectivity index (χ3v) is 5.29. The molecule has 0 radical (unpaired) electrons. The molecule has 1 aromatic rings. The highest BCUT2D eigenvalue weighted by atomic mass is 79.9. The van der Waals surface area contributed by atoms with Gasteiger partial charge >= 0.3 is 0 Å². The quantitative estimate of drug-likeness (QED) is 0.913. The number of aromatic nitrogens is 2. The van der Waals surface area contributed by atoms with E-state index in [4.69, 9.17) is 4.78 Å². The minimum absolute atomic E-state index is 0.0224. The van der Waals surface area contributed by atoms with Crippen LogP contribution in [-0.4, -0.2) is 25.5 Å². The fourth-order valence-corrected chi connectivity index (χ4v) is 3.79. The van der Waals surface area contributed by atoms with E-state index < -0.39 is 9.73 Å². The number of nitrogens with zero attached hydrogens (tertiary/aromatic N) is 2. The maximum absolute atomic E-state index is 11.8. The average molecular weight is 306 g/mol. The smallest absolute Gasteiger partial charge is 0.0632 e. The molecule has 0 amide bonds. The minimum Gasteiger partial charge on any atom is -0.268 e. The molecule has 0 aliphatic heterocycles. The summed E-state index contributed by atoms with van der Waals surface area (Å²) in [5, 5.41) is 4.29. The summed E-state index contributed by atoms with van der Waals surface area (Å²) in [5.41, 5.74) is 0. The van der Waals surface area contributed by atoms with E-state index in [1.807, 2.05) is 10.9 Å². The van der Waals surface area contributed by atoms with Gasteiger partial charge in [-0.1, -0.05) is 6.42 Å². The molecule has 0 bridgehead atoms. The minimum atomic E-state index is -2.41. The molecule has 0 aromatic carbocycles. The Kier molecular flexibility index (Phi) is 3.39. The second kappa shape index (κ2) is 4.49. The van der Waals surface area contributed by atoms with Gasteiger partial charge in [-0.3, -0.25) is 9.46 Å². The summed E-state index contributed by atoms with van der Waals surface area (Å²) < 4.78 is 22.3. The summed E-state index contributed by atoms with van der Waals surface area (Å²) in [6.45, 7) is 0. The van der Waals surface area contributed by atoms with Crippen molar-refractivity contribution in [3.8, 4) is 0 Å². The number of hydrogen-bond acceptors (Lipinski definition) is 3.